The fourth-order valence-electron chi connectivity index (χ4n) is 3.32. The van der Waals surface area contributed by atoms with Crippen molar-refractivity contribution < 1.29 is 29.7 Å². The van der Waals surface area contributed by atoms with Crippen LogP contribution < -0.4 is 0 Å². The number of benzene rings is 3. The van der Waals surface area contributed by atoms with Crippen LogP contribution in [0, 0.1) is 19.0 Å². The van der Waals surface area contributed by atoms with Crippen LogP contribution in [0.3, 0.4) is 0 Å². The van der Waals surface area contributed by atoms with Gasteiger partial charge in [-0.05, 0) is 46.0 Å². The van der Waals surface area contributed by atoms with E-state index < -0.39 is 6.85 Å². The van der Waals surface area contributed by atoms with Crippen molar-refractivity contribution in [3.8, 4) is 22.5 Å². The van der Waals surface area contributed by atoms with Gasteiger partial charge in [0.25, 0.3) is 0 Å². The Morgan fingerprint density at radius 3 is 2.58 bits per heavy atom. The Morgan fingerprint density at radius 1 is 0.848 bits per heavy atom. The number of nitrogens with zero attached hydrogens (tertiary/aromatic N) is 2. The van der Waals surface area contributed by atoms with Crippen LogP contribution in [0.2, 0.25) is 0 Å². The minimum Gasteiger partial charge on any atom is -0.305 e. The summed E-state index contributed by atoms with van der Waals surface area (Å²) in [7, 11) is 0. The summed E-state index contributed by atoms with van der Waals surface area (Å²) < 4.78 is 55.1. The average molecular weight is 628 g/mol. The summed E-state index contributed by atoms with van der Waals surface area (Å²) in [4.78, 5) is 8.19. The predicted octanol–water partition coefficient (Wildman–Crippen LogP) is 7.77. The molecule has 3 aromatic carbocycles. The van der Waals surface area contributed by atoms with Gasteiger partial charge in [0, 0.05) is 41.3 Å². The van der Waals surface area contributed by atoms with Gasteiger partial charge in [0.1, 0.15) is 0 Å². The number of aromatic nitrogens is 2. The molecular weight excluding hydrogens is 601 g/mol. The van der Waals surface area contributed by atoms with Gasteiger partial charge in [-0.15, -0.1) is 59.7 Å². The summed E-state index contributed by atoms with van der Waals surface area (Å²) in [5.41, 5.74) is 2.71. The van der Waals surface area contributed by atoms with E-state index in [2.05, 4.69) is 22.1 Å². The molecule has 0 unspecified atom stereocenters. The van der Waals surface area contributed by atoms with Crippen molar-refractivity contribution in [2.75, 3.05) is 0 Å². The zero-order chi connectivity index (χ0) is 27.7. The molecule has 0 aliphatic carbocycles. The van der Waals surface area contributed by atoms with Gasteiger partial charge in [-0.1, -0.05) is 47.8 Å². The second kappa shape index (κ2) is 10.6. The van der Waals surface area contributed by atoms with E-state index in [4.69, 9.17) is 9.60 Å². The Balaban J connectivity index is 0.000000192. The third kappa shape index (κ3) is 5.09. The average Bonchev–Trinajstić information content (AvgIpc) is 3.33. The molecule has 0 saturated heterocycles. The van der Waals surface area contributed by atoms with Crippen LogP contribution in [-0.4, -0.2) is 9.97 Å². The molecule has 0 N–H and O–H groups in total. The summed E-state index contributed by atoms with van der Waals surface area (Å²) >= 11 is 1.58. The zero-order valence-electron chi connectivity index (χ0n) is 24.1. The first-order valence-corrected chi connectivity index (χ1v) is 10.7. The van der Waals surface area contributed by atoms with Gasteiger partial charge >= 0.3 is 0 Å². The third-order valence-corrected chi connectivity index (χ3v) is 5.99. The van der Waals surface area contributed by atoms with Gasteiger partial charge in [0.2, 0.25) is 0 Å². The van der Waals surface area contributed by atoms with Crippen molar-refractivity contribution in [2.24, 2.45) is 0 Å². The van der Waals surface area contributed by atoms with Crippen LogP contribution in [0.1, 0.15) is 15.2 Å². The van der Waals surface area contributed by atoms with Gasteiger partial charge < -0.3 is 9.97 Å². The van der Waals surface area contributed by atoms with E-state index in [1.165, 1.54) is 6.20 Å². The fourth-order valence-corrected chi connectivity index (χ4v) is 4.52. The topological polar surface area (TPSA) is 25.8 Å². The van der Waals surface area contributed by atoms with E-state index in [0.29, 0.717) is 5.56 Å². The smallest absolute Gasteiger partial charge is 0.0830 e. The van der Waals surface area contributed by atoms with E-state index in [1.54, 1.807) is 35.6 Å². The Morgan fingerprint density at radius 2 is 1.76 bits per heavy atom. The molecule has 6 rings (SSSR count). The van der Waals surface area contributed by atoms with Crippen LogP contribution >= 0.6 is 11.3 Å². The van der Waals surface area contributed by atoms with E-state index in [9.17, 15) is 0 Å². The van der Waals surface area contributed by atoms with E-state index >= 15 is 0 Å². The minimum atomic E-state index is -2.09. The van der Waals surface area contributed by atoms with Crippen LogP contribution in [0.4, 0.5) is 0 Å². The summed E-state index contributed by atoms with van der Waals surface area (Å²) in [6.45, 7) is -2.09. The SMILES string of the molecule is [2H]C([2H])([2H])c1ccc(-c2[c-]cccc2)nc1.[2H]c1nc(-c2[c-]ccc3c2sc2ccccc23)c([2H])c([2H])c1[2H].[Ir]. The monoisotopic (exact) mass is 628 g/mol. The van der Waals surface area contributed by atoms with E-state index in [-0.39, 0.29) is 55.7 Å². The van der Waals surface area contributed by atoms with Crippen LogP contribution in [0.25, 0.3) is 42.7 Å². The molecule has 3 aromatic heterocycles. The van der Waals surface area contributed by atoms with Crippen molar-refractivity contribution in [1.82, 2.24) is 9.97 Å². The van der Waals surface area contributed by atoms with Crippen molar-refractivity contribution in [1.29, 1.82) is 0 Å². The first-order chi connectivity index (χ1) is 18.6. The Bertz CT molecular complexity index is 1790. The van der Waals surface area contributed by atoms with Crippen LogP contribution in [-0.2, 0) is 20.1 Å². The Kier molecular flexibility index (Phi) is 5.03. The molecule has 6 aromatic rings. The van der Waals surface area contributed by atoms with Crippen LogP contribution in [0.5, 0.6) is 0 Å². The quantitative estimate of drug-likeness (QED) is 0.183. The minimum absolute atomic E-state index is 0. The number of rotatable bonds is 2. The largest absolute Gasteiger partial charge is 0.305 e. The summed E-state index contributed by atoms with van der Waals surface area (Å²) in [6, 6.07) is 28.0. The second-order valence-electron chi connectivity index (χ2n) is 6.85. The molecule has 3 heterocycles. The molecule has 1 radical (unpaired) electrons. The van der Waals surface area contributed by atoms with Crippen molar-refractivity contribution in [3.05, 3.63) is 121 Å². The molecule has 0 saturated carbocycles. The number of fused-ring (bicyclic) bond motifs is 3. The van der Waals surface area contributed by atoms with Crippen LogP contribution in [0.15, 0.2) is 103 Å². The van der Waals surface area contributed by atoms with Gasteiger partial charge in [0.05, 0.1) is 5.48 Å². The van der Waals surface area contributed by atoms with E-state index in [1.807, 2.05) is 48.5 Å². The number of pyridine rings is 2. The molecular formula is C29H20IrN2S-2. The normalized spacial score (nSPS) is 13.8. The standard InChI is InChI=1S/C17H10NS.C12H10N.Ir/c1-2-10-16-12(6-1)13-7-5-8-14(17(13)19-16)15-9-3-4-11-18-15;1-10-7-8-12(13-9-10)11-5-3-2-4-6-11;/h1-7,9-11H;2-5,7-9H,1H3;/q2*-1;/i3D,4D,9D,11D;1D3;. The maximum atomic E-state index is 8.11. The maximum absolute atomic E-state index is 8.11. The predicted molar refractivity (Wildman–Crippen MR) is 135 cm³/mol. The third-order valence-electron chi connectivity index (χ3n) is 4.79. The molecule has 4 heteroatoms. The maximum Gasteiger partial charge on any atom is 0.0830 e. The number of aryl methyl sites for hydroxylation is 1. The molecule has 0 aliphatic rings. The molecule has 0 atom stereocenters. The Hall–Kier alpha value is -3.17. The van der Waals surface area contributed by atoms with Gasteiger partial charge in [-0.2, -0.15) is 11.3 Å². The molecule has 33 heavy (non-hydrogen) atoms. The molecule has 0 aliphatic heterocycles. The van der Waals surface area contributed by atoms with Crippen molar-refractivity contribution in [2.45, 2.75) is 6.85 Å². The Labute approximate surface area is 221 Å². The van der Waals surface area contributed by atoms with Gasteiger partial charge in [0.15, 0.2) is 0 Å². The molecule has 0 amide bonds. The number of hydrogen-bond donors (Lipinski definition) is 0. The van der Waals surface area contributed by atoms with E-state index in [0.717, 1.165) is 31.4 Å². The van der Waals surface area contributed by atoms with Gasteiger partial charge in [-0.25, -0.2) is 0 Å². The zero-order valence-corrected chi connectivity index (χ0v) is 20.4. The number of hydrogen-bond acceptors (Lipinski definition) is 3. The summed E-state index contributed by atoms with van der Waals surface area (Å²) in [5, 5.41) is 2.18. The molecule has 0 spiro atoms. The number of thiophene rings is 1. The summed E-state index contributed by atoms with van der Waals surface area (Å²) in [6.07, 6.45) is 1.11. The summed E-state index contributed by atoms with van der Waals surface area (Å²) in [5.74, 6) is 0. The first kappa shape index (κ1) is 15.6. The first-order valence-electron chi connectivity index (χ1n) is 13.4. The van der Waals surface area contributed by atoms with Gasteiger partial charge in [-0.3, -0.25) is 0 Å². The second-order valence-corrected chi connectivity index (χ2v) is 7.90. The molecule has 0 bridgehead atoms. The molecule has 0 fully saturated rings. The molecule has 163 valence electrons. The molecule has 2 nitrogen and oxygen atoms in total. The van der Waals surface area contributed by atoms with Crippen molar-refractivity contribution >= 4 is 31.5 Å². The van der Waals surface area contributed by atoms with Crippen molar-refractivity contribution in [3.63, 3.8) is 0 Å². The fraction of sp³-hybridized carbons (Fsp3) is 0.0345.